The molecule has 0 aliphatic heterocycles. The number of hydrogen-bond acceptors (Lipinski definition) is 3. The molecule has 1 amide bonds. The van der Waals surface area contributed by atoms with Gasteiger partial charge in [0.25, 0.3) is 0 Å². The fourth-order valence-electron chi connectivity index (χ4n) is 2.34. The number of nitrogens with one attached hydrogen (secondary N) is 1. The SMILES string of the molecule is O=C(CCn1c(=O)oc2ccccc21)NCC#Cc1ccccc1. The second-order valence-electron chi connectivity index (χ2n) is 5.18. The maximum atomic E-state index is 11.9. The molecule has 24 heavy (non-hydrogen) atoms. The van der Waals surface area contributed by atoms with E-state index in [0.29, 0.717) is 11.1 Å². The van der Waals surface area contributed by atoms with Crippen LogP contribution in [0.4, 0.5) is 0 Å². The van der Waals surface area contributed by atoms with Gasteiger partial charge >= 0.3 is 5.76 Å². The summed E-state index contributed by atoms with van der Waals surface area (Å²) >= 11 is 0. The van der Waals surface area contributed by atoms with E-state index in [1.165, 1.54) is 4.57 Å². The number of rotatable bonds is 4. The molecule has 0 atom stereocenters. The summed E-state index contributed by atoms with van der Waals surface area (Å²) in [7, 11) is 0. The van der Waals surface area contributed by atoms with Crippen LogP contribution in [0.3, 0.4) is 0 Å². The molecule has 0 radical (unpaired) electrons. The Hall–Kier alpha value is -3.26. The molecule has 1 aromatic heterocycles. The first-order chi connectivity index (χ1) is 11.7. The van der Waals surface area contributed by atoms with Crippen LogP contribution in [-0.2, 0) is 11.3 Å². The first kappa shape index (κ1) is 15.6. The number of amides is 1. The third kappa shape index (κ3) is 3.73. The Morgan fingerprint density at radius 3 is 2.67 bits per heavy atom. The van der Waals surface area contributed by atoms with Gasteiger partial charge in [-0.1, -0.05) is 42.2 Å². The van der Waals surface area contributed by atoms with Crippen LogP contribution in [0.15, 0.2) is 63.8 Å². The molecule has 1 N–H and O–H groups in total. The van der Waals surface area contributed by atoms with Crippen molar-refractivity contribution in [3.05, 3.63) is 70.7 Å². The van der Waals surface area contributed by atoms with Gasteiger partial charge in [-0.25, -0.2) is 4.79 Å². The van der Waals surface area contributed by atoms with Crippen molar-refractivity contribution >= 4 is 17.0 Å². The van der Waals surface area contributed by atoms with Crippen LogP contribution in [0.2, 0.25) is 0 Å². The third-order valence-corrected chi connectivity index (χ3v) is 3.52. The number of fused-ring (bicyclic) bond motifs is 1. The highest BCUT2D eigenvalue weighted by Crippen LogP contribution is 2.11. The molecule has 0 saturated heterocycles. The minimum absolute atomic E-state index is 0.158. The smallest absolute Gasteiger partial charge is 0.408 e. The van der Waals surface area contributed by atoms with Gasteiger partial charge in [0.05, 0.1) is 12.1 Å². The lowest BCUT2D eigenvalue weighted by atomic mass is 10.2. The highest BCUT2D eigenvalue weighted by molar-refractivity contribution is 5.77. The molecule has 0 spiro atoms. The Morgan fingerprint density at radius 2 is 1.83 bits per heavy atom. The molecular formula is C19H16N2O3. The summed E-state index contributed by atoms with van der Waals surface area (Å²) in [5, 5.41) is 2.72. The topological polar surface area (TPSA) is 64.2 Å². The first-order valence-electron chi connectivity index (χ1n) is 7.63. The number of aromatic nitrogens is 1. The van der Waals surface area contributed by atoms with Gasteiger partial charge in [-0.15, -0.1) is 0 Å². The molecule has 0 unspecified atom stereocenters. The van der Waals surface area contributed by atoms with E-state index in [1.54, 1.807) is 18.2 Å². The third-order valence-electron chi connectivity index (χ3n) is 3.52. The number of carbonyl (C=O) groups is 1. The Morgan fingerprint density at radius 1 is 1.08 bits per heavy atom. The van der Waals surface area contributed by atoms with Crippen LogP contribution in [0.25, 0.3) is 11.1 Å². The van der Waals surface area contributed by atoms with Crippen molar-refractivity contribution in [3.8, 4) is 11.8 Å². The van der Waals surface area contributed by atoms with Crippen LogP contribution < -0.4 is 11.1 Å². The van der Waals surface area contributed by atoms with Crippen LogP contribution >= 0.6 is 0 Å². The highest BCUT2D eigenvalue weighted by Gasteiger charge is 2.09. The van der Waals surface area contributed by atoms with E-state index in [-0.39, 0.29) is 25.4 Å². The van der Waals surface area contributed by atoms with Crippen LogP contribution in [0.1, 0.15) is 12.0 Å². The second kappa shape index (κ2) is 7.34. The number of hydrogen-bond donors (Lipinski definition) is 1. The highest BCUT2D eigenvalue weighted by atomic mass is 16.4. The van der Waals surface area contributed by atoms with E-state index in [0.717, 1.165) is 5.56 Å². The van der Waals surface area contributed by atoms with Gasteiger partial charge in [0.1, 0.15) is 0 Å². The number of carbonyl (C=O) groups excluding carboxylic acids is 1. The molecule has 0 aliphatic carbocycles. The minimum Gasteiger partial charge on any atom is -0.408 e. The molecule has 3 rings (SSSR count). The van der Waals surface area contributed by atoms with E-state index in [9.17, 15) is 9.59 Å². The molecule has 2 aromatic carbocycles. The summed E-state index contributed by atoms with van der Waals surface area (Å²) < 4.78 is 6.60. The van der Waals surface area contributed by atoms with E-state index < -0.39 is 5.76 Å². The van der Waals surface area contributed by atoms with Crippen molar-refractivity contribution < 1.29 is 9.21 Å². The number of oxazole rings is 1. The zero-order valence-electron chi connectivity index (χ0n) is 13.0. The molecule has 5 nitrogen and oxygen atoms in total. The Labute approximate surface area is 138 Å². The van der Waals surface area contributed by atoms with Gasteiger partial charge < -0.3 is 9.73 Å². The van der Waals surface area contributed by atoms with Crippen molar-refractivity contribution in [2.45, 2.75) is 13.0 Å². The second-order valence-corrected chi connectivity index (χ2v) is 5.18. The maximum absolute atomic E-state index is 11.9. The number of aryl methyl sites for hydroxylation is 1. The number of nitrogens with zero attached hydrogens (tertiary/aromatic N) is 1. The summed E-state index contributed by atoms with van der Waals surface area (Å²) in [5.41, 5.74) is 2.12. The van der Waals surface area contributed by atoms with Gasteiger partial charge in [0.2, 0.25) is 5.91 Å². The lowest BCUT2D eigenvalue weighted by molar-refractivity contribution is -0.121. The van der Waals surface area contributed by atoms with E-state index in [1.807, 2.05) is 36.4 Å². The van der Waals surface area contributed by atoms with E-state index >= 15 is 0 Å². The number of para-hydroxylation sites is 2. The Balaban J connectivity index is 1.53. The van der Waals surface area contributed by atoms with Crippen LogP contribution in [-0.4, -0.2) is 17.0 Å². The maximum Gasteiger partial charge on any atom is 0.419 e. The predicted molar refractivity (Wildman–Crippen MR) is 91.4 cm³/mol. The van der Waals surface area contributed by atoms with E-state index in [4.69, 9.17) is 4.42 Å². The largest absolute Gasteiger partial charge is 0.419 e. The monoisotopic (exact) mass is 320 g/mol. The average Bonchev–Trinajstić information content (AvgIpc) is 2.93. The molecule has 0 fully saturated rings. The zero-order chi connectivity index (χ0) is 16.8. The molecule has 0 aliphatic rings. The fourth-order valence-corrected chi connectivity index (χ4v) is 2.34. The number of benzene rings is 2. The van der Waals surface area contributed by atoms with Gasteiger partial charge in [-0.05, 0) is 24.3 Å². The zero-order valence-corrected chi connectivity index (χ0v) is 13.0. The summed E-state index contributed by atoms with van der Waals surface area (Å²) in [6, 6.07) is 16.7. The molecule has 1 heterocycles. The van der Waals surface area contributed by atoms with Crippen molar-refractivity contribution in [3.63, 3.8) is 0 Å². The van der Waals surface area contributed by atoms with Crippen molar-refractivity contribution in [2.24, 2.45) is 0 Å². The van der Waals surface area contributed by atoms with Crippen LogP contribution in [0.5, 0.6) is 0 Å². The van der Waals surface area contributed by atoms with Crippen molar-refractivity contribution in [1.82, 2.24) is 9.88 Å². The lowest BCUT2D eigenvalue weighted by Gasteiger charge is -2.02. The normalized spacial score (nSPS) is 10.2. The van der Waals surface area contributed by atoms with Gasteiger partial charge in [-0.3, -0.25) is 9.36 Å². The van der Waals surface area contributed by atoms with Gasteiger partial charge in [0, 0.05) is 18.5 Å². The fraction of sp³-hybridized carbons (Fsp3) is 0.158. The van der Waals surface area contributed by atoms with Gasteiger partial charge in [-0.2, -0.15) is 0 Å². The standard InChI is InChI=1S/C19H16N2O3/c22-18(20-13-6-9-15-7-2-1-3-8-15)12-14-21-16-10-4-5-11-17(16)24-19(21)23/h1-5,7-8,10-11H,12-14H2,(H,20,22). The molecule has 3 aromatic rings. The molecule has 5 heteroatoms. The Bertz CT molecular complexity index is 959. The molecule has 0 saturated carbocycles. The summed E-state index contributed by atoms with van der Waals surface area (Å²) in [6.07, 6.45) is 0.191. The van der Waals surface area contributed by atoms with E-state index in [2.05, 4.69) is 17.2 Å². The minimum atomic E-state index is -0.451. The van der Waals surface area contributed by atoms with Crippen molar-refractivity contribution in [2.75, 3.05) is 6.54 Å². The predicted octanol–water partition coefficient (Wildman–Crippen LogP) is 2.15. The summed E-state index contributed by atoms with van der Waals surface area (Å²) in [5.74, 6) is 5.26. The molecular weight excluding hydrogens is 304 g/mol. The summed E-state index contributed by atoms with van der Waals surface area (Å²) in [6.45, 7) is 0.544. The quantitative estimate of drug-likeness (QED) is 0.749. The van der Waals surface area contributed by atoms with Crippen molar-refractivity contribution in [1.29, 1.82) is 0 Å². The Kier molecular flexibility index (Phi) is 4.78. The first-order valence-corrected chi connectivity index (χ1v) is 7.63. The van der Waals surface area contributed by atoms with Crippen LogP contribution in [0, 0.1) is 11.8 Å². The molecule has 0 bridgehead atoms. The lowest BCUT2D eigenvalue weighted by Crippen LogP contribution is -2.26. The average molecular weight is 320 g/mol. The van der Waals surface area contributed by atoms with Gasteiger partial charge in [0.15, 0.2) is 5.58 Å². The summed E-state index contributed by atoms with van der Waals surface area (Å²) in [4.78, 5) is 23.7. The molecule has 120 valence electrons.